The molecule has 3 rings (SSSR count). The van der Waals surface area contributed by atoms with Gasteiger partial charge in [0.15, 0.2) is 0 Å². The highest BCUT2D eigenvalue weighted by atomic mass is 19.1. The van der Waals surface area contributed by atoms with Crippen molar-refractivity contribution in [2.45, 2.75) is 32.2 Å². The van der Waals surface area contributed by atoms with Crippen molar-refractivity contribution >= 4 is 5.91 Å². The van der Waals surface area contributed by atoms with E-state index in [9.17, 15) is 9.18 Å². The highest BCUT2D eigenvalue weighted by Crippen LogP contribution is 2.44. The first kappa shape index (κ1) is 21.0. The lowest BCUT2D eigenvalue weighted by Crippen LogP contribution is -2.47. The van der Waals surface area contributed by atoms with Crippen molar-refractivity contribution in [3.05, 3.63) is 29.6 Å². The molecular weight excluding hydrogens is 363 g/mol. The Labute approximate surface area is 166 Å². The van der Waals surface area contributed by atoms with Crippen LogP contribution in [0.15, 0.2) is 18.2 Å². The van der Waals surface area contributed by atoms with Gasteiger partial charge in [0.2, 0.25) is 5.91 Å². The summed E-state index contributed by atoms with van der Waals surface area (Å²) in [6.07, 6.45) is 4.09. The number of hydrogen-bond donors (Lipinski definition) is 2. The molecule has 0 radical (unpaired) electrons. The van der Waals surface area contributed by atoms with Crippen LogP contribution < -0.4 is 15.4 Å². The predicted molar refractivity (Wildman–Crippen MR) is 104 cm³/mol. The maximum atomic E-state index is 13.4. The Morgan fingerprint density at radius 3 is 2.71 bits per heavy atom. The molecule has 1 heterocycles. The van der Waals surface area contributed by atoms with E-state index in [0.29, 0.717) is 44.1 Å². The third-order valence-corrected chi connectivity index (χ3v) is 5.66. The molecule has 1 saturated heterocycles. The van der Waals surface area contributed by atoms with Gasteiger partial charge in [-0.25, -0.2) is 4.39 Å². The minimum atomic E-state index is -0.322. The van der Waals surface area contributed by atoms with Crippen LogP contribution in [0.4, 0.5) is 4.39 Å². The van der Waals surface area contributed by atoms with Crippen molar-refractivity contribution in [3.8, 4) is 5.75 Å². The van der Waals surface area contributed by atoms with E-state index in [1.54, 1.807) is 6.07 Å². The monoisotopic (exact) mass is 394 g/mol. The van der Waals surface area contributed by atoms with E-state index in [2.05, 4.69) is 10.6 Å². The third kappa shape index (κ3) is 5.65. The molecule has 2 aliphatic rings. The van der Waals surface area contributed by atoms with Crippen LogP contribution in [0, 0.1) is 17.2 Å². The van der Waals surface area contributed by atoms with Gasteiger partial charge < -0.3 is 24.8 Å². The largest absolute Gasteiger partial charge is 0.491 e. The van der Waals surface area contributed by atoms with Gasteiger partial charge in [0.05, 0.1) is 26.4 Å². The number of hydrogen-bond acceptors (Lipinski definition) is 5. The van der Waals surface area contributed by atoms with Crippen molar-refractivity contribution in [2.24, 2.45) is 11.3 Å². The number of rotatable bonds is 10. The molecule has 1 aromatic rings. The maximum Gasteiger partial charge on any atom is 0.223 e. The molecule has 1 aromatic carbocycles. The predicted octanol–water partition coefficient (Wildman–Crippen LogP) is 2.26. The van der Waals surface area contributed by atoms with Crippen LogP contribution in [0.25, 0.3) is 0 Å². The van der Waals surface area contributed by atoms with Crippen LogP contribution in [-0.2, 0) is 20.8 Å². The summed E-state index contributed by atoms with van der Waals surface area (Å²) >= 11 is 0. The lowest BCUT2D eigenvalue weighted by Gasteiger charge is -2.45. The summed E-state index contributed by atoms with van der Waals surface area (Å²) in [5.74, 6) is 0.453. The van der Waals surface area contributed by atoms with E-state index < -0.39 is 0 Å². The first-order valence-corrected chi connectivity index (χ1v) is 10.1. The molecule has 7 heteroatoms. The summed E-state index contributed by atoms with van der Waals surface area (Å²) in [7, 11) is 1.83. The van der Waals surface area contributed by atoms with E-state index in [-0.39, 0.29) is 17.6 Å². The quantitative estimate of drug-likeness (QED) is 0.596. The van der Waals surface area contributed by atoms with Crippen molar-refractivity contribution in [3.63, 3.8) is 0 Å². The summed E-state index contributed by atoms with van der Waals surface area (Å²) < 4.78 is 29.9. The van der Waals surface area contributed by atoms with E-state index in [1.807, 2.05) is 7.05 Å². The minimum absolute atomic E-state index is 0.119. The molecule has 2 fully saturated rings. The van der Waals surface area contributed by atoms with Crippen molar-refractivity contribution in [2.75, 3.05) is 46.6 Å². The molecule has 0 unspecified atom stereocenters. The summed E-state index contributed by atoms with van der Waals surface area (Å²) in [4.78, 5) is 12.3. The Morgan fingerprint density at radius 1 is 1.25 bits per heavy atom. The van der Waals surface area contributed by atoms with E-state index in [0.717, 1.165) is 44.5 Å². The molecule has 28 heavy (non-hydrogen) atoms. The van der Waals surface area contributed by atoms with Crippen molar-refractivity contribution in [1.82, 2.24) is 10.6 Å². The van der Waals surface area contributed by atoms with Gasteiger partial charge >= 0.3 is 0 Å². The highest BCUT2D eigenvalue weighted by Gasteiger charge is 2.42. The van der Waals surface area contributed by atoms with E-state index in [4.69, 9.17) is 14.2 Å². The van der Waals surface area contributed by atoms with Gasteiger partial charge in [-0.3, -0.25) is 4.79 Å². The number of nitrogens with one attached hydrogen (secondary N) is 2. The molecular formula is C21H31FN2O4. The van der Waals surface area contributed by atoms with Crippen molar-refractivity contribution in [1.29, 1.82) is 0 Å². The second kappa shape index (κ2) is 10.2. The first-order valence-electron chi connectivity index (χ1n) is 10.1. The maximum absolute atomic E-state index is 13.4. The van der Waals surface area contributed by atoms with Gasteiger partial charge in [-0.1, -0.05) is 6.07 Å². The average molecular weight is 394 g/mol. The summed E-state index contributed by atoms with van der Waals surface area (Å²) in [6.45, 7) is 3.99. The molecule has 1 spiro atoms. The van der Waals surface area contributed by atoms with Crippen LogP contribution in [0.5, 0.6) is 5.75 Å². The van der Waals surface area contributed by atoms with Crippen LogP contribution >= 0.6 is 0 Å². The number of ether oxygens (including phenoxy) is 3. The molecule has 0 atom stereocenters. The van der Waals surface area contributed by atoms with Gasteiger partial charge in [0.1, 0.15) is 18.2 Å². The summed E-state index contributed by atoms with van der Waals surface area (Å²) in [5, 5.41) is 5.99. The Balaban J connectivity index is 1.25. The minimum Gasteiger partial charge on any atom is -0.491 e. The SMILES string of the molecule is CNCc1ccc(F)cc1OCCOCCNC(=O)C1CCC2(CC1)COC2. The molecule has 1 saturated carbocycles. The Morgan fingerprint density at radius 2 is 2.04 bits per heavy atom. The lowest BCUT2D eigenvalue weighted by molar-refractivity contribution is -0.145. The molecule has 0 bridgehead atoms. The van der Waals surface area contributed by atoms with Crippen LogP contribution in [0.1, 0.15) is 31.2 Å². The Kier molecular flexibility index (Phi) is 7.65. The molecule has 6 nitrogen and oxygen atoms in total. The fourth-order valence-electron chi connectivity index (χ4n) is 3.87. The van der Waals surface area contributed by atoms with Crippen LogP contribution in [0.2, 0.25) is 0 Å². The topological polar surface area (TPSA) is 68.8 Å². The van der Waals surface area contributed by atoms with Gasteiger partial charge in [0.25, 0.3) is 0 Å². The standard InChI is InChI=1S/C21H31FN2O4/c1-23-13-17-2-3-18(22)12-19(17)28-11-10-26-9-8-24-20(25)16-4-6-21(7-5-16)14-27-15-21/h2-3,12,16,23H,4-11,13-15H2,1H3,(H,24,25). The third-order valence-electron chi connectivity index (χ3n) is 5.66. The molecule has 0 aromatic heterocycles. The zero-order chi connectivity index (χ0) is 19.8. The molecule has 156 valence electrons. The first-order chi connectivity index (χ1) is 13.6. The van der Waals surface area contributed by atoms with Crippen molar-refractivity contribution < 1.29 is 23.4 Å². The fourth-order valence-corrected chi connectivity index (χ4v) is 3.87. The number of halogens is 1. The van der Waals surface area contributed by atoms with Gasteiger partial charge in [-0.15, -0.1) is 0 Å². The van der Waals surface area contributed by atoms with Gasteiger partial charge in [-0.2, -0.15) is 0 Å². The zero-order valence-corrected chi connectivity index (χ0v) is 16.6. The number of benzene rings is 1. The average Bonchev–Trinajstić information content (AvgIpc) is 2.68. The Bertz CT molecular complexity index is 641. The second-order valence-electron chi connectivity index (χ2n) is 7.80. The van der Waals surface area contributed by atoms with Gasteiger partial charge in [-0.05, 0) is 38.8 Å². The smallest absolute Gasteiger partial charge is 0.223 e. The Hall–Kier alpha value is -1.70. The molecule has 1 amide bonds. The van der Waals surface area contributed by atoms with Crippen LogP contribution in [-0.4, -0.2) is 52.5 Å². The lowest BCUT2D eigenvalue weighted by atomic mass is 9.69. The number of carbonyl (C=O) groups is 1. The van der Waals surface area contributed by atoms with E-state index >= 15 is 0 Å². The highest BCUT2D eigenvalue weighted by molar-refractivity contribution is 5.78. The van der Waals surface area contributed by atoms with Gasteiger partial charge in [0, 0.05) is 36.1 Å². The number of amides is 1. The number of carbonyl (C=O) groups excluding carboxylic acids is 1. The normalized spacial score (nSPS) is 18.6. The summed E-state index contributed by atoms with van der Waals surface area (Å²) in [5.41, 5.74) is 1.27. The second-order valence-corrected chi connectivity index (χ2v) is 7.80. The molecule has 2 N–H and O–H groups in total. The zero-order valence-electron chi connectivity index (χ0n) is 16.6. The molecule has 1 aliphatic carbocycles. The van der Waals surface area contributed by atoms with E-state index in [1.165, 1.54) is 12.1 Å². The summed E-state index contributed by atoms with van der Waals surface area (Å²) in [6, 6.07) is 4.52. The molecule has 1 aliphatic heterocycles. The van der Waals surface area contributed by atoms with Crippen LogP contribution in [0.3, 0.4) is 0 Å². The fraction of sp³-hybridized carbons (Fsp3) is 0.667.